The van der Waals surface area contributed by atoms with Crippen LogP contribution in [0.4, 0.5) is 10.6 Å². The van der Waals surface area contributed by atoms with Crippen LogP contribution in [0.2, 0.25) is 0 Å². The Morgan fingerprint density at radius 1 is 1.27 bits per heavy atom. The quantitative estimate of drug-likeness (QED) is 0.877. The average molecular weight is 358 g/mol. The minimum Gasteiger partial charge on any atom is -0.444 e. The normalized spacial score (nSPS) is 17.2. The van der Waals surface area contributed by atoms with Crippen LogP contribution >= 0.6 is 0 Å². The van der Waals surface area contributed by atoms with Crippen LogP contribution in [0.1, 0.15) is 33.6 Å². The zero-order valence-electron chi connectivity index (χ0n) is 15.5. The number of para-hydroxylation sites is 1. The van der Waals surface area contributed by atoms with E-state index < -0.39 is 11.2 Å². The summed E-state index contributed by atoms with van der Waals surface area (Å²) in [5.41, 5.74) is -0.540. The number of piperidine rings is 1. The van der Waals surface area contributed by atoms with Crippen molar-refractivity contribution in [1.82, 2.24) is 14.9 Å². The molecule has 1 aliphatic rings. The van der Waals surface area contributed by atoms with E-state index in [0.29, 0.717) is 38.3 Å². The molecule has 1 aromatic heterocycles. The SMILES string of the molecule is CC(C)(C)OC(=O)N1CCC(O)(CNc2ncnc3ccccc23)CC1. The summed E-state index contributed by atoms with van der Waals surface area (Å²) >= 11 is 0. The van der Waals surface area contributed by atoms with E-state index in [0.717, 1.165) is 10.9 Å². The van der Waals surface area contributed by atoms with Crippen LogP contribution in [-0.2, 0) is 4.74 Å². The van der Waals surface area contributed by atoms with Crippen molar-refractivity contribution in [2.24, 2.45) is 0 Å². The standard InChI is InChI=1S/C19H26N4O3/c1-18(2,3)26-17(24)23-10-8-19(25,9-11-23)12-20-16-14-6-4-5-7-15(14)21-13-22-16/h4-7,13,25H,8-12H2,1-3H3,(H,20,21,22). The summed E-state index contributed by atoms with van der Waals surface area (Å²) in [7, 11) is 0. The first kappa shape index (κ1) is 18.4. The summed E-state index contributed by atoms with van der Waals surface area (Å²) in [5, 5.41) is 15.0. The van der Waals surface area contributed by atoms with Crippen molar-refractivity contribution in [3.05, 3.63) is 30.6 Å². The predicted molar refractivity (Wildman–Crippen MR) is 100 cm³/mol. The van der Waals surface area contributed by atoms with Gasteiger partial charge in [-0.05, 0) is 45.7 Å². The topological polar surface area (TPSA) is 87.6 Å². The number of aliphatic hydroxyl groups is 1. The number of nitrogens with zero attached hydrogens (tertiary/aromatic N) is 3. The van der Waals surface area contributed by atoms with Crippen LogP contribution in [-0.4, -0.2) is 56.9 Å². The monoisotopic (exact) mass is 358 g/mol. The minimum atomic E-state index is -0.884. The Morgan fingerprint density at radius 2 is 1.96 bits per heavy atom. The Kier molecular flexibility index (Phi) is 5.00. The van der Waals surface area contributed by atoms with E-state index >= 15 is 0 Å². The van der Waals surface area contributed by atoms with Crippen molar-refractivity contribution in [2.45, 2.75) is 44.8 Å². The maximum atomic E-state index is 12.1. The number of hydrogen-bond donors (Lipinski definition) is 2. The van der Waals surface area contributed by atoms with E-state index in [9.17, 15) is 9.90 Å². The molecule has 1 aliphatic heterocycles. The summed E-state index contributed by atoms with van der Waals surface area (Å²) in [6, 6.07) is 7.74. The van der Waals surface area contributed by atoms with Gasteiger partial charge in [-0.25, -0.2) is 14.8 Å². The van der Waals surface area contributed by atoms with Crippen molar-refractivity contribution in [3.63, 3.8) is 0 Å². The highest BCUT2D eigenvalue weighted by Crippen LogP contribution is 2.25. The minimum absolute atomic E-state index is 0.325. The predicted octanol–water partition coefficient (Wildman–Crippen LogP) is 2.80. The maximum absolute atomic E-state index is 12.1. The van der Waals surface area contributed by atoms with Crippen molar-refractivity contribution in [2.75, 3.05) is 25.0 Å². The van der Waals surface area contributed by atoms with Crippen LogP contribution in [0, 0.1) is 0 Å². The fourth-order valence-electron chi connectivity index (χ4n) is 3.00. The number of anilines is 1. The molecule has 1 fully saturated rings. The second-order valence-corrected chi connectivity index (χ2v) is 7.78. The van der Waals surface area contributed by atoms with Crippen LogP contribution in [0.5, 0.6) is 0 Å². The highest BCUT2D eigenvalue weighted by molar-refractivity contribution is 5.88. The molecule has 0 spiro atoms. The zero-order chi connectivity index (χ0) is 18.8. The van der Waals surface area contributed by atoms with E-state index in [1.54, 1.807) is 4.90 Å². The molecular formula is C19H26N4O3. The Labute approximate surface area is 153 Å². The largest absolute Gasteiger partial charge is 0.444 e. The van der Waals surface area contributed by atoms with Gasteiger partial charge in [0.1, 0.15) is 17.7 Å². The molecule has 1 amide bonds. The number of carbonyl (C=O) groups excluding carboxylic acids is 1. The van der Waals surface area contributed by atoms with Crippen molar-refractivity contribution < 1.29 is 14.6 Å². The first-order valence-corrected chi connectivity index (χ1v) is 8.90. The van der Waals surface area contributed by atoms with Gasteiger partial charge in [0.15, 0.2) is 0 Å². The number of fused-ring (bicyclic) bond motifs is 1. The molecule has 0 bridgehead atoms. The van der Waals surface area contributed by atoms with Gasteiger partial charge in [-0.2, -0.15) is 0 Å². The number of rotatable bonds is 3. The number of aromatic nitrogens is 2. The molecule has 1 saturated heterocycles. The zero-order valence-corrected chi connectivity index (χ0v) is 15.5. The molecule has 0 atom stereocenters. The highest BCUT2D eigenvalue weighted by atomic mass is 16.6. The molecule has 7 nitrogen and oxygen atoms in total. The van der Waals surface area contributed by atoms with Gasteiger partial charge < -0.3 is 20.1 Å². The van der Waals surface area contributed by atoms with Gasteiger partial charge in [0.2, 0.25) is 0 Å². The number of hydrogen-bond acceptors (Lipinski definition) is 6. The summed E-state index contributed by atoms with van der Waals surface area (Å²) in [6.07, 6.45) is 2.17. The Morgan fingerprint density at radius 3 is 2.65 bits per heavy atom. The molecule has 0 unspecified atom stereocenters. The molecule has 0 aliphatic carbocycles. The van der Waals surface area contributed by atoms with E-state index in [1.807, 2.05) is 45.0 Å². The van der Waals surface area contributed by atoms with Gasteiger partial charge in [0.25, 0.3) is 0 Å². The highest BCUT2D eigenvalue weighted by Gasteiger charge is 2.35. The third kappa shape index (κ3) is 4.40. The number of nitrogens with one attached hydrogen (secondary N) is 1. The summed E-state index contributed by atoms with van der Waals surface area (Å²) < 4.78 is 5.40. The van der Waals surface area contributed by atoms with Gasteiger partial charge in [0, 0.05) is 25.0 Å². The molecule has 2 N–H and O–H groups in total. The molecule has 0 radical (unpaired) electrons. The summed E-state index contributed by atoms with van der Waals surface area (Å²) in [4.78, 5) is 22.3. The lowest BCUT2D eigenvalue weighted by Crippen LogP contribution is -2.50. The molecule has 2 aromatic rings. The summed E-state index contributed by atoms with van der Waals surface area (Å²) in [5.74, 6) is 0.707. The fraction of sp³-hybridized carbons (Fsp3) is 0.526. The molecule has 26 heavy (non-hydrogen) atoms. The smallest absolute Gasteiger partial charge is 0.410 e. The van der Waals surface area contributed by atoms with Gasteiger partial charge in [-0.15, -0.1) is 0 Å². The summed E-state index contributed by atoms with van der Waals surface area (Å²) in [6.45, 7) is 6.86. The van der Waals surface area contributed by atoms with Crippen molar-refractivity contribution >= 4 is 22.8 Å². The van der Waals surface area contributed by atoms with Gasteiger partial charge in [-0.3, -0.25) is 0 Å². The molecule has 0 saturated carbocycles. The van der Waals surface area contributed by atoms with Gasteiger partial charge >= 0.3 is 6.09 Å². The third-order valence-electron chi connectivity index (χ3n) is 4.47. The van der Waals surface area contributed by atoms with Crippen molar-refractivity contribution in [3.8, 4) is 0 Å². The lowest BCUT2D eigenvalue weighted by Gasteiger charge is -2.38. The van der Waals surface area contributed by atoms with Gasteiger partial charge in [-0.1, -0.05) is 12.1 Å². The lowest BCUT2D eigenvalue weighted by atomic mass is 9.91. The Bertz CT molecular complexity index is 774. The van der Waals surface area contributed by atoms with Gasteiger partial charge in [0.05, 0.1) is 11.1 Å². The number of carbonyl (C=O) groups is 1. The number of ether oxygens (including phenoxy) is 1. The van der Waals surface area contributed by atoms with E-state index in [4.69, 9.17) is 4.74 Å². The van der Waals surface area contributed by atoms with E-state index in [1.165, 1.54) is 6.33 Å². The maximum Gasteiger partial charge on any atom is 0.410 e. The van der Waals surface area contributed by atoms with Crippen LogP contribution in [0.15, 0.2) is 30.6 Å². The number of amides is 1. The average Bonchev–Trinajstić information content (AvgIpc) is 2.59. The Balaban J connectivity index is 1.58. The lowest BCUT2D eigenvalue weighted by molar-refractivity contribution is -0.0245. The number of benzene rings is 1. The number of likely N-dealkylation sites (tertiary alicyclic amines) is 1. The van der Waals surface area contributed by atoms with Crippen molar-refractivity contribution in [1.29, 1.82) is 0 Å². The third-order valence-corrected chi connectivity index (χ3v) is 4.47. The molecule has 1 aromatic carbocycles. The molecule has 2 heterocycles. The van der Waals surface area contributed by atoms with E-state index in [2.05, 4.69) is 15.3 Å². The van der Waals surface area contributed by atoms with Crippen LogP contribution in [0.25, 0.3) is 10.9 Å². The second-order valence-electron chi connectivity index (χ2n) is 7.78. The molecule has 140 valence electrons. The second kappa shape index (κ2) is 7.07. The molecule has 7 heteroatoms. The first-order chi connectivity index (χ1) is 12.3. The molecule has 3 rings (SSSR count). The van der Waals surface area contributed by atoms with Crippen LogP contribution in [0.3, 0.4) is 0 Å². The van der Waals surface area contributed by atoms with Crippen LogP contribution < -0.4 is 5.32 Å². The van der Waals surface area contributed by atoms with E-state index in [-0.39, 0.29) is 6.09 Å². The fourth-order valence-corrected chi connectivity index (χ4v) is 3.00. The Hall–Kier alpha value is -2.41. The molecular weight excluding hydrogens is 332 g/mol. The first-order valence-electron chi connectivity index (χ1n) is 8.90.